The molecule has 0 saturated heterocycles. The van der Waals surface area contributed by atoms with Gasteiger partial charge in [-0.3, -0.25) is 4.79 Å². The van der Waals surface area contributed by atoms with Crippen LogP contribution in [0.5, 0.6) is 0 Å². The van der Waals surface area contributed by atoms with Gasteiger partial charge in [0.2, 0.25) is 0 Å². The van der Waals surface area contributed by atoms with E-state index in [1.54, 1.807) is 0 Å². The van der Waals surface area contributed by atoms with Crippen molar-refractivity contribution < 1.29 is 4.79 Å². The van der Waals surface area contributed by atoms with E-state index in [0.29, 0.717) is 11.7 Å². The molecule has 1 heteroatoms. The van der Waals surface area contributed by atoms with Gasteiger partial charge in [0.25, 0.3) is 0 Å². The third-order valence-corrected chi connectivity index (χ3v) is 3.57. The summed E-state index contributed by atoms with van der Waals surface area (Å²) in [5, 5.41) is 0. The van der Waals surface area contributed by atoms with Crippen molar-refractivity contribution in [3.63, 3.8) is 0 Å². The number of hydrogen-bond donors (Lipinski definition) is 0. The molecule has 0 heterocycles. The second-order valence-electron chi connectivity index (χ2n) is 4.35. The summed E-state index contributed by atoms with van der Waals surface area (Å²) in [7, 11) is 0. The minimum atomic E-state index is 0.529. The molecule has 0 spiro atoms. The predicted octanol–water partition coefficient (Wildman–Crippen LogP) is 2.79. The highest BCUT2D eigenvalue weighted by molar-refractivity contribution is 5.87. The molecule has 0 aromatic heterocycles. The molecule has 3 atom stereocenters. The number of fused-ring (bicyclic) bond motifs is 1. The Morgan fingerprint density at radius 1 is 1.42 bits per heavy atom. The van der Waals surface area contributed by atoms with Gasteiger partial charge in [-0.1, -0.05) is 26.2 Å². The largest absolute Gasteiger partial charge is 0.299 e. The highest BCUT2D eigenvalue weighted by atomic mass is 16.1. The Labute approximate surface area is 74.5 Å². The first kappa shape index (κ1) is 8.28. The molecule has 1 nitrogen and oxygen atoms in total. The Morgan fingerprint density at radius 2 is 2.25 bits per heavy atom. The van der Waals surface area contributed by atoms with Crippen LogP contribution < -0.4 is 0 Å². The zero-order valence-electron chi connectivity index (χ0n) is 7.88. The summed E-state index contributed by atoms with van der Waals surface area (Å²) >= 11 is 0. The first-order chi connectivity index (χ1) is 5.84. The molecule has 2 fully saturated rings. The van der Waals surface area contributed by atoms with Crippen LogP contribution in [0, 0.1) is 17.8 Å². The molecule has 2 saturated carbocycles. The molecule has 0 aromatic rings. The van der Waals surface area contributed by atoms with E-state index in [0.717, 1.165) is 18.3 Å². The second-order valence-corrected chi connectivity index (χ2v) is 4.35. The summed E-state index contributed by atoms with van der Waals surface area (Å²) in [5.74, 6) is 2.75. The van der Waals surface area contributed by atoms with E-state index in [-0.39, 0.29) is 0 Å². The molecule has 0 bridgehead atoms. The molecule has 2 rings (SSSR count). The molecule has 68 valence electrons. The first-order valence-corrected chi connectivity index (χ1v) is 5.37. The van der Waals surface area contributed by atoms with Crippen molar-refractivity contribution in [2.75, 3.05) is 0 Å². The third-order valence-electron chi connectivity index (χ3n) is 3.57. The van der Waals surface area contributed by atoms with E-state index in [1.165, 1.54) is 32.1 Å². The molecule has 0 aliphatic heterocycles. The van der Waals surface area contributed by atoms with E-state index in [4.69, 9.17) is 0 Å². The minimum Gasteiger partial charge on any atom is -0.299 e. The van der Waals surface area contributed by atoms with E-state index in [9.17, 15) is 4.79 Å². The smallest absolute Gasteiger partial charge is 0.136 e. The van der Waals surface area contributed by atoms with Crippen molar-refractivity contribution in [3.05, 3.63) is 0 Å². The lowest BCUT2D eigenvalue weighted by Gasteiger charge is -2.00. The molecule has 2 aliphatic rings. The number of unbranched alkanes of at least 4 members (excludes halogenated alkanes) is 2. The Balaban J connectivity index is 1.70. The molecular formula is C11H18O. The van der Waals surface area contributed by atoms with Crippen molar-refractivity contribution in [2.24, 2.45) is 17.8 Å². The van der Waals surface area contributed by atoms with E-state index in [2.05, 4.69) is 6.92 Å². The maximum Gasteiger partial charge on any atom is 0.136 e. The summed E-state index contributed by atoms with van der Waals surface area (Å²) in [6.45, 7) is 2.24. The zero-order chi connectivity index (χ0) is 8.55. The quantitative estimate of drug-likeness (QED) is 0.587. The lowest BCUT2D eigenvalue weighted by molar-refractivity contribution is -0.119. The molecule has 0 aromatic carbocycles. The maximum atomic E-state index is 11.3. The van der Waals surface area contributed by atoms with E-state index < -0.39 is 0 Å². The molecular weight excluding hydrogens is 148 g/mol. The van der Waals surface area contributed by atoms with Crippen LogP contribution in [-0.4, -0.2) is 5.78 Å². The van der Waals surface area contributed by atoms with E-state index in [1.807, 2.05) is 0 Å². The Morgan fingerprint density at radius 3 is 2.83 bits per heavy atom. The highest BCUT2D eigenvalue weighted by Crippen LogP contribution is 2.57. The van der Waals surface area contributed by atoms with Gasteiger partial charge in [0.05, 0.1) is 0 Å². The average Bonchev–Trinajstić information content (AvgIpc) is 2.62. The number of carbonyl (C=O) groups excluding carboxylic acids is 1. The number of carbonyl (C=O) groups is 1. The van der Waals surface area contributed by atoms with Gasteiger partial charge in [-0.25, -0.2) is 0 Å². The second kappa shape index (κ2) is 3.20. The number of Topliss-reactive ketones (excluding diaryl/α,β-unsaturated/α-hetero) is 1. The monoisotopic (exact) mass is 166 g/mol. The first-order valence-electron chi connectivity index (χ1n) is 5.37. The summed E-state index contributed by atoms with van der Waals surface area (Å²) in [4.78, 5) is 11.3. The van der Waals surface area contributed by atoms with Crippen LogP contribution in [0.3, 0.4) is 0 Å². The fourth-order valence-corrected chi connectivity index (χ4v) is 2.82. The van der Waals surface area contributed by atoms with Crippen molar-refractivity contribution in [2.45, 2.75) is 45.4 Å². The fraction of sp³-hybridized carbons (Fsp3) is 0.909. The fourth-order valence-electron chi connectivity index (χ4n) is 2.82. The lowest BCUT2D eigenvalue weighted by Crippen LogP contribution is -1.99. The average molecular weight is 166 g/mol. The van der Waals surface area contributed by atoms with Crippen LogP contribution in [0.15, 0.2) is 0 Å². The Bertz CT molecular complexity index is 185. The summed E-state index contributed by atoms with van der Waals surface area (Å²) < 4.78 is 0. The van der Waals surface area contributed by atoms with E-state index >= 15 is 0 Å². The summed E-state index contributed by atoms with van der Waals surface area (Å²) in [5.41, 5.74) is 0. The molecule has 12 heavy (non-hydrogen) atoms. The van der Waals surface area contributed by atoms with Crippen molar-refractivity contribution in [1.82, 2.24) is 0 Å². The lowest BCUT2D eigenvalue weighted by atomic mass is 10.0. The molecule has 0 amide bonds. The van der Waals surface area contributed by atoms with Crippen LogP contribution in [0.1, 0.15) is 45.4 Å². The maximum absolute atomic E-state index is 11.3. The molecule has 3 unspecified atom stereocenters. The van der Waals surface area contributed by atoms with Crippen molar-refractivity contribution >= 4 is 5.78 Å². The normalized spacial score (nSPS) is 38.4. The molecule has 0 N–H and O–H groups in total. The topological polar surface area (TPSA) is 17.1 Å². The van der Waals surface area contributed by atoms with Gasteiger partial charge in [-0.05, 0) is 24.7 Å². The van der Waals surface area contributed by atoms with Crippen LogP contribution >= 0.6 is 0 Å². The van der Waals surface area contributed by atoms with Crippen LogP contribution in [0.25, 0.3) is 0 Å². The van der Waals surface area contributed by atoms with Gasteiger partial charge in [0, 0.05) is 12.3 Å². The minimum absolute atomic E-state index is 0.529. The third kappa shape index (κ3) is 1.30. The number of rotatable bonds is 4. The van der Waals surface area contributed by atoms with Crippen molar-refractivity contribution in [3.8, 4) is 0 Å². The molecule has 0 radical (unpaired) electrons. The Kier molecular flexibility index (Phi) is 2.20. The zero-order valence-corrected chi connectivity index (χ0v) is 7.88. The van der Waals surface area contributed by atoms with Gasteiger partial charge >= 0.3 is 0 Å². The molecule has 2 aliphatic carbocycles. The predicted molar refractivity (Wildman–Crippen MR) is 48.9 cm³/mol. The van der Waals surface area contributed by atoms with Crippen LogP contribution in [-0.2, 0) is 4.79 Å². The van der Waals surface area contributed by atoms with Crippen molar-refractivity contribution in [1.29, 1.82) is 0 Å². The number of ketones is 1. The summed E-state index contributed by atoms with van der Waals surface area (Å²) in [6.07, 6.45) is 7.43. The van der Waals surface area contributed by atoms with Gasteiger partial charge in [0.1, 0.15) is 5.78 Å². The Hall–Kier alpha value is -0.330. The summed E-state index contributed by atoms with van der Waals surface area (Å²) in [6, 6.07) is 0. The van der Waals surface area contributed by atoms with Gasteiger partial charge in [-0.15, -0.1) is 0 Å². The van der Waals surface area contributed by atoms with Gasteiger partial charge in [-0.2, -0.15) is 0 Å². The number of hydrogen-bond acceptors (Lipinski definition) is 1. The standard InChI is InChI=1S/C11H18O/c1-2-3-4-5-8-9-6-7-10(12)11(8)9/h8-9,11H,2-7H2,1H3. The van der Waals surface area contributed by atoms with Crippen LogP contribution in [0.2, 0.25) is 0 Å². The van der Waals surface area contributed by atoms with Crippen LogP contribution in [0.4, 0.5) is 0 Å². The highest BCUT2D eigenvalue weighted by Gasteiger charge is 2.56. The van der Waals surface area contributed by atoms with Gasteiger partial charge < -0.3 is 0 Å². The van der Waals surface area contributed by atoms with Gasteiger partial charge in [0.15, 0.2) is 0 Å². The SMILES string of the molecule is CCCCCC1C2CCC(=O)C12.